The van der Waals surface area contributed by atoms with Gasteiger partial charge in [-0.25, -0.2) is 0 Å². The van der Waals surface area contributed by atoms with Crippen molar-refractivity contribution in [2.45, 2.75) is 119 Å². The minimum atomic E-state index is -0.621. The van der Waals surface area contributed by atoms with Gasteiger partial charge in [-0.1, -0.05) is 48.5 Å². The van der Waals surface area contributed by atoms with Gasteiger partial charge in [0.25, 0.3) is 0 Å². The van der Waals surface area contributed by atoms with Crippen LogP contribution < -0.4 is 0 Å². The van der Waals surface area contributed by atoms with Gasteiger partial charge >= 0.3 is 5.97 Å². The lowest BCUT2D eigenvalue weighted by atomic mass is 9.29. The van der Waals surface area contributed by atoms with Crippen LogP contribution in [0.4, 0.5) is 0 Å². The largest absolute Gasteiger partial charge is 0.481 e. The molecule has 5 saturated carbocycles. The molecule has 33 heavy (non-hydrogen) atoms. The summed E-state index contributed by atoms with van der Waals surface area (Å²) in [7, 11) is 0. The molecule has 0 aromatic rings. The van der Waals surface area contributed by atoms with Gasteiger partial charge in [-0.2, -0.15) is 0 Å². The molecule has 8 unspecified atom stereocenters. The van der Waals surface area contributed by atoms with Crippen LogP contribution in [0.2, 0.25) is 0 Å². The van der Waals surface area contributed by atoms with E-state index in [-0.39, 0.29) is 33.5 Å². The summed E-state index contributed by atoms with van der Waals surface area (Å²) in [6, 6.07) is 0. The number of carbonyl (C=O) groups excluding carboxylic acids is 1. The SMILES string of the molecule is CC1C(=O)CCC2C1(C)CCC1C2(C)CC[C@@]2(C)C3CC(C)(C)CCC3(C)CCC12C(=O)O. The molecule has 0 aliphatic heterocycles. The molecule has 0 saturated heterocycles. The zero-order chi connectivity index (χ0) is 24.2. The molecule has 9 atom stereocenters. The summed E-state index contributed by atoms with van der Waals surface area (Å²) in [4.78, 5) is 26.3. The highest BCUT2D eigenvalue weighted by molar-refractivity contribution is 5.82. The molecule has 0 aromatic carbocycles. The smallest absolute Gasteiger partial charge is 0.310 e. The fourth-order valence-corrected chi connectivity index (χ4v) is 11.2. The highest BCUT2D eigenvalue weighted by atomic mass is 16.4. The monoisotopic (exact) mass is 456 g/mol. The number of hydrogen-bond donors (Lipinski definition) is 1. The van der Waals surface area contributed by atoms with E-state index in [9.17, 15) is 14.7 Å². The molecule has 0 aromatic heterocycles. The van der Waals surface area contributed by atoms with E-state index in [1.807, 2.05) is 0 Å². The first-order chi connectivity index (χ1) is 15.2. The lowest BCUT2D eigenvalue weighted by molar-refractivity contribution is -0.263. The lowest BCUT2D eigenvalue weighted by Crippen LogP contribution is -2.70. The summed E-state index contributed by atoms with van der Waals surface area (Å²) in [5, 5.41) is 11.1. The van der Waals surface area contributed by atoms with E-state index in [2.05, 4.69) is 48.5 Å². The Balaban J connectivity index is 1.62. The molecule has 5 fully saturated rings. The van der Waals surface area contributed by atoms with Crippen molar-refractivity contribution in [1.29, 1.82) is 0 Å². The Labute approximate surface area is 201 Å². The predicted molar refractivity (Wildman–Crippen MR) is 132 cm³/mol. The number of carboxylic acids is 1. The zero-order valence-electron chi connectivity index (χ0n) is 22.4. The number of hydrogen-bond acceptors (Lipinski definition) is 2. The van der Waals surface area contributed by atoms with E-state index >= 15 is 0 Å². The second-order valence-corrected chi connectivity index (χ2v) is 15.2. The second-order valence-electron chi connectivity index (χ2n) is 15.2. The van der Waals surface area contributed by atoms with Crippen molar-refractivity contribution in [2.24, 2.45) is 56.2 Å². The van der Waals surface area contributed by atoms with Gasteiger partial charge in [0.2, 0.25) is 0 Å². The van der Waals surface area contributed by atoms with Crippen LogP contribution in [-0.4, -0.2) is 16.9 Å². The van der Waals surface area contributed by atoms with Crippen molar-refractivity contribution in [3.8, 4) is 0 Å². The molecule has 0 spiro atoms. The van der Waals surface area contributed by atoms with Gasteiger partial charge < -0.3 is 5.11 Å². The third kappa shape index (κ3) is 2.80. The Bertz CT molecular complexity index is 876. The molecule has 3 nitrogen and oxygen atoms in total. The summed E-state index contributed by atoms with van der Waals surface area (Å²) in [5.74, 6) is 1.22. The van der Waals surface area contributed by atoms with Crippen molar-refractivity contribution in [1.82, 2.24) is 0 Å². The molecule has 0 radical (unpaired) electrons. The van der Waals surface area contributed by atoms with Gasteiger partial charge in [-0.15, -0.1) is 0 Å². The number of rotatable bonds is 1. The minimum Gasteiger partial charge on any atom is -0.481 e. The van der Waals surface area contributed by atoms with E-state index < -0.39 is 11.4 Å². The van der Waals surface area contributed by atoms with Gasteiger partial charge in [0.05, 0.1) is 5.41 Å². The maximum Gasteiger partial charge on any atom is 0.310 e. The molecule has 0 heterocycles. The van der Waals surface area contributed by atoms with Gasteiger partial charge in [-0.3, -0.25) is 9.59 Å². The summed E-state index contributed by atoms with van der Waals surface area (Å²) in [5.41, 5.74) is -0.116. The van der Waals surface area contributed by atoms with Crippen molar-refractivity contribution >= 4 is 11.8 Å². The van der Waals surface area contributed by atoms with Gasteiger partial charge in [-0.05, 0) is 109 Å². The normalized spacial score (nSPS) is 55.5. The van der Waals surface area contributed by atoms with Crippen LogP contribution in [0.5, 0.6) is 0 Å². The first-order valence-corrected chi connectivity index (χ1v) is 13.9. The Kier molecular flexibility index (Phi) is 4.97. The number of Topliss-reactive ketones (excluding diaryl/α,β-unsaturated/α-hetero) is 1. The van der Waals surface area contributed by atoms with Crippen LogP contribution in [0.3, 0.4) is 0 Å². The molecule has 5 rings (SSSR count). The molecule has 3 heteroatoms. The van der Waals surface area contributed by atoms with Crippen LogP contribution in [0, 0.1) is 56.2 Å². The molecule has 5 aliphatic rings. The van der Waals surface area contributed by atoms with E-state index in [1.165, 1.54) is 19.3 Å². The average Bonchev–Trinajstić information content (AvgIpc) is 2.73. The van der Waals surface area contributed by atoms with Crippen molar-refractivity contribution in [2.75, 3.05) is 0 Å². The Morgan fingerprint density at radius 3 is 2.12 bits per heavy atom. The summed E-state index contributed by atoms with van der Waals surface area (Å²) >= 11 is 0. The number of aliphatic carboxylic acids is 1. The topological polar surface area (TPSA) is 54.4 Å². The first kappa shape index (κ1) is 23.9. The second kappa shape index (κ2) is 6.88. The number of carboxylic acid groups (broad SMARTS) is 1. The van der Waals surface area contributed by atoms with E-state index in [1.54, 1.807) is 0 Å². The predicted octanol–water partition coefficient (Wildman–Crippen LogP) is 7.52. The Hall–Kier alpha value is -0.860. The molecule has 5 aliphatic carbocycles. The summed E-state index contributed by atoms with van der Waals surface area (Å²) in [6.07, 6.45) is 11.4. The lowest BCUT2D eigenvalue weighted by Gasteiger charge is -2.73. The molecule has 0 bridgehead atoms. The molecular weight excluding hydrogens is 408 g/mol. The molecule has 0 amide bonds. The average molecular weight is 457 g/mol. The minimum absolute atomic E-state index is 0.0256. The molecule has 186 valence electrons. The van der Waals surface area contributed by atoms with E-state index in [4.69, 9.17) is 0 Å². The van der Waals surface area contributed by atoms with Crippen molar-refractivity contribution in [3.05, 3.63) is 0 Å². The summed E-state index contributed by atoms with van der Waals surface area (Å²) in [6.45, 7) is 16.7. The first-order valence-electron chi connectivity index (χ1n) is 13.9. The van der Waals surface area contributed by atoms with Gasteiger partial charge in [0, 0.05) is 12.3 Å². The van der Waals surface area contributed by atoms with Gasteiger partial charge in [0.1, 0.15) is 5.78 Å². The van der Waals surface area contributed by atoms with Gasteiger partial charge in [0.15, 0.2) is 0 Å². The van der Waals surface area contributed by atoms with E-state index in [0.717, 1.165) is 44.9 Å². The van der Waals surface area contributed by atoms with Crippen LogP contribution >= 0.6 is 0 Å². The Morgan fingerprint density at radius 2 is 1.45 bits per heavy atom. The highest BCUT2D eigenvalue weighted by Crippen LogP contribution is 2.78. The van der Waals surface area contributed by atoms with Crippen LogP contribution in [0.25, 0.3) is 0 Å². The molecule has 1 N–H and O–H groups in total. The zero-order valence-corrected chi connectivity index (χ0v) is 22.4. The summed E-state index contributed by atoms with van der Waals surface area (Å²) < 4.78 is 0. The highest BCUT2D eigenvalue weighted by Gasteiger charge is 2.74. The third-order valence-corrected chi connectivity index (χ3v) is 13.5. The standard InChI is InChI=1S/C30H48O3/c1-19-20(31)8-9-21-27(19,5)11-10-22-28(21,6)15-16-29(7)23-18-25(2,3)12-13-26(23,4)14-17-30(22,29)24(32)33/h19,21-23H,8-18H2,1-7H3,(H,32,33)/t19?,21?,22?,23?,26?,27?,28?,29-,30?/m0/s1. The quantitative estimate of drug-likeness (QED) is 0.444. The van der Waals surface area contributed by atoms with Crippen LogP contribution in [0.1, 0.15) is 119 Å². The van der Waals surface area contributed by atoms with E-state index in [0.29, 0.717) is 29.5 Å². The van der Waals surface area contributed by atoms with Crippen molar-refractivity contribution < 1.29 is 14.7 Å². The number of fused-ring (bicyclic) bond motifs is 7. The number of carbonyl (C=O) groups is 2. The third-order valence-electron chi connectivity index (χ3n) is 13.5. The molecular formula is C30H48O3. The maximum atomic E-state index is 13.6. The number of ketones is 1. The van der Waals surface area contributed by atoms with Crippen LogP contribution in [0.15, 0.2) is 0 Å². The Morgan fingerprint density at radius 1 is 0.788 bits per heavy atom. The fourth-order valence-electron chi connectivity index (χ4n) is 11.2. The van der Waals surface area contributed by atoms with Crippen LogP contribution in [-0.2, 0) is 9.59 Å². The fraction of sp³-hybridized carbons (Fsp3) is 0.933. The maximum absolute atomic E-state index is 13.6. The van der Waals surface area contributed by atoms with Crippen molar-refractivity contribution in [3.63, 3.8) is 0 Å².